The summed E-state index contributed by atoms with van der Waals surface area (Å²) in [6, 6.07) is 21.1. The van der Waals surface area contributed by atoms with E-state index in [1.54, 1.807) is 19.2 Å². The third kappa shape index (κ3) is 8.01. The summed E-state index contributed by atoms with van der Waals surface area (Å²) in [6.45, 7) is 8.02. The highest BCUT2D eigenvalue weighted by molar-refractivity contribution is 6.02. The Morgan fingerprint density at radius 1 is 1.02 bits per heavy atom. The summed E-state index contributed by atoms with van der Waals surface area (Å²) in [4.78, 5) is 48.5. The molecule has 46 heavy (non-hydrogen) atoms. The number of amides is 4. The van der Waals surface area contributed by atoms with Crippen LogP contribution in [0, 0.1) is 11.3 Å². The van der Waals surface area contributed by atoms with Crippen LogP contribution in [0.3, 0.4) is 0 Å². The van der Waals surface area contributed by atoms with Crippen LogP contribution in [0.5, 0.6) is 0 Å². The van der Waals surface area contributed by atoms with Gasteiger partial charge in [-0.2, -0.15) is 5.26 Å². The van der Waals surface area contributed by atoms with Crippen LogP contribution in [-0.4, -0.2) is 66.0 Å². The molecule has 5 rings (SSSR count). The number of carbonyl (C=O) groups excluding carboxylic acids is 3. The zero-order valence-corrected chi connectivity index (χ0v) is 26.1. The molecule has 2 heterocycles. The van der Waals surface area contributed by atoms with Crippen molar-refractivity contribution in [3.05, 3.63) is 90.6 Å². The number of nitrogens with zero attached hydrogens (tertiary/aromatic N) is 5. The number of rotatable bonds is 9. The number of hydrogen-bond acceptors (Lipinski definition) is 7. The second kappa shape index (κ2) is 15.1. The zero-order valence-electron chi connectivity index (χ0n) is 26.1. The molecular weight excluding hydrogens is 580 g/mol. The number of carbonyl (C=O) groups is 3. The van der Waals surface area contributed by atoms with Crippen LogP contribution in [0.4, 0.5) is 27.7 Å². The number of nitriles is 1. The molecule has 3 aromatic rings. The number of anilines is 4. The van der Waals surface area contributed by atoms with Crippen LogP contribution in [0.25, 0.3) is 0 Å². The summed E-state index contributed by atoms with van der Waals surface area (Å²) in [6.07, 6.45) is 5.96. The van der Waals surface area contributed by atoms with Gasteiger partial charge in [-0.25, -0.2) is 9.78 Å². The van der Waals surface area contributed by atoms with Gasteiger partial charge in [-0.1, -0.05) is 36.9 Å². The molecule has 0 spiro atoms. The van der Waals surface area contributed by atoms with E-state index in [9.17, 15) is 14.4 Å². The van der Waals surface area contributed by atoms with Crippen molar-refractivity contribution < 1.29 is 14.4 Å². The minimum Gasteiger partial charge on any atom is -0.367 e. The first kappa shape index (κ1) is 32.0. The van der Waals surface area contributed by atoms with Gasteiger partial charge in [-0.05, 0) is 67.7 Å². The molecule has 11 nitrogen and oxygen atoms in total. The molecule has 1 saturated carbocycles. The molecular formula is C35H40N8O3. The number of aromatic nitrogens is 1. The van der Waals surface area contributed by atoms with Crippen molar-refractivity contribution in [2.75, 3.05) is 46.6 Å². The molecule has 238 valence electrons. The normalized spacial score (nSPS) is 17.7. The quantitative estimate of drug-likeness (QED) is 0.290. The Morgan fingerprint density at radius 2 is 1.76 bits per heavy atom. The highest BCUT2D eigenvalue weighted by Gasteiger charge is 2.31. The second-order valence-corrected chi connectivity index (χ2v) is 11.6. The summed E-state index contributed by atoms with van der Waals surface area (Å²) in [5.41, 5.74) is 3.61. The highest BCUT2D eigenvalue weighted by Crippen LogP contribution is 2.35. The van der Waals surface area contributed by atoms with Gasteiger partial charge in [0.05, 0.1) is 16.9 Å². The molecule has 1 aliphatic carbocycles. The molecule has 2 fully saturated rings. The fraction of sp³-hybridized carbons (Fsp3) is 0.343. The predicted octanol–water partition coefficient (Wildman–Crippen LogP) is 4.89. The van der Waals surface area contributed by atoms with Crippen molar-refractivity contribution >= 4 is 40.7 Å². The lowest BCUT2D eigenvalue weighted by atomic mass is 9.89. The number of pyridine rings is 1. The maximum Gasteiger partial charge on any atom is 0.322 e. The van der Waals surface area contributed by atoms with Crippen molar-refractivity contribution in [2.24, 2.45) is 0 Å². The largest absolute Gasteiger partial charge is 0.367 e. The van der Waals surface area contributed by atoms with Crippen LogP contribution in [0.1, 0.15) is 43.7 Å². The SMILES string of the molecule is C=CC(=O)Nc1cc(N(C(=O)NCc2ccccc2)C2CCC(Nc3ccc(C#N)cn3)CC2)ccc1N1CCN(C(C)=O)CC1. The minimum atomic E-state index is -0.344. The third-order valence-electron chi connectivity index (χ3n) is 8.58. The van der Waals surface area contributed by atoms with Crippen LogP contribution >= 0.6 is 0 Å². The van der Waals surface area contributed by atoms with E-state index in [0.717, 1.165) is 42.8 Å². The lowest BCUT2D eigenvalue weighted by molar-refractivity contribution is -0.129. The van der Waals surface area contributed by atoms with Gasteiger partial charge in [0.2, 0.25) is 11.8 Å². The number of benzene rings is 2. The van der Waals surface area contributed by atoms with E-state index in [0.29, 0.717) is 49.7 Å². The smallest absolute Gasteiger partial charge is 0.322 e. The summed E-state index contributed by atoms with van der Waals surface area (Å²) >= 11 is 0. The summed E-state index contributed by atoms with van der Waals surface area (Å²) < 4.78 is 0. The van der Waals surface area contributed by atoms with Crippen LogP contribution < -0.4 is 25.8 Å². The van der Waals surface area contributed by atoms with Gasteiger partial charge in [0, 0.05) is 63.6 Å². The van der Waals surface area contributed by atoms with Gasteiger partial charge < -0.3 is 25.8 Å². The molecule has 0 radical (unpaired) electrons. The maximum atomic E-state index is 13.9. The van der Waals surface area contributed by atoms with Gasteiger partial charge in [-0.3, -0.25) is 14.5 Å². The molecule has 2 aromatic carbocycles. The summed E-state index contributed by atoms with van der Waals surface area (Å²) in [7, 11) is 0. The predicted molar refractivity (Wildman–Crippen MR) is 180 cm³/mol. The summed E-state index contributed by atoms with van der Waals surface area (Å²) in [5.74, 6) is 0.427. The standard InChI is InChI=1S/C35H40N8O3/c1-3-34(45)40-31-21-30(14-15-32(31)42-19-17-41(18-20-42)25(2)44)43(35(46)38-23-26-7-5-4-6-8-26)29-12-10-28(11-13-29)39-33-16-9-27(22-36)24-37-33/h3-9,14-16,21,24,28-29H,1,10-13,17-20,23H2,2H3,(H,37,39)(H,38,46)(H,40,45). The van der Waals surface area contributed by atoms with E-state index in [4.69, 9.17) is 5.26 Å². The molecule has 1 aliphatic heterocycles. The molecule has 4 amide bonds. The number of urea groups is 1. The molecule has 3 N–H and O–H groups in total. The Kier molecular flexibility index (Phi) is 10.5. The first-order valence-corrected chi connectivity index (χ1v) is 15.7. The molecule has 1 aromatic heterocycles. The lowest BCUT2D eigenvalue weighted by Gasteiger charge is -2.39. The van der Waals surface area contributed by atoms with Gasteiger partial charge in [0.15, 0.2) is 0 Å². The van der Waals surface area contributed by atoms with E-state index in [1.165, 1.54) is 6.08 Å². The average Bonchev–Trinajstić information content (AvgIpc) is 3.09. The maximum absolute atomic E-state index is 13.9. The van der Waals surface area contributed by atoms with Crippen molar-refractivity contribution in [3.63, 3.8) is 0 Å². The van der Waals surface area contributed by atoms with E-state index < -0.39 is 0 Å². The van der Waals surface area contributed by atoms with Crippen LogP contribution in [0.2, 0.25) is 0 Å². The lowest BCUT2D eigenvalue weighted by Crippen LogP contribution is -2.49. The number of hydrogen-bond donors (Lipinski definition) is 3. The minimum absolute atomic E-state index is 0.0467. The topological polar surface area (TPSA) is 134 Å². The molecule has 11 heteroatoms. The highest BCUT2D eigenvalue weighted by atomic mass is 16.2. The van der Waals surface area contributed by atoms with E-state index >= 15 is 0 Å². The molecule has 0 atom stereocenters. The Bertz CT molecular complexity index is 1570. The van der Waals surface area contributed by atoms with Gasteiger partial charge in [0.1, 0.15) is 11.9 Å². The van der Waals surface area contributed by atoms with Gasteiger partial charge in [-0.15, -0.1) is 0 Å². The monoisotopic (exact) mass is 620 g/mol. The molecule has 0 unspecified atom stereocenters. The van der Waals surface area contributed by atoms with Gasteiger partial charge in [0.25, 0.3) is 0 Å². The van der Waals surface area contributed by atoms with E-state index in [1.807, 2.05) is 64.4 Å². The Labute approximate surface area is 269 Å². The molecule has 2 aliphatic rings. The summed E-state index contributed by atoms with van der Waals surface area (Å²) in [5, 5.41) is 18.6. The van der Waals surface area contributed by atoms with Crippen molar-refractivity contribution in [3.8, 4) is 6.07 Å². The molecule has 1 saturated heterocycles. The first-order valence-electron chi connectivity index (χ1n) is 15.7. The first-order chi connectivity index (χ1) is 22.3. The fourth-order valence-electron chi connectivity index (χ4n) is 6.08. The van der Waals surface area contributed by atoms with Crippen molar-refractivity contribution in [1.82, 2.24) is 15.2 Å². The average molecular weight is 621 g/mol. The van der Waals surface area contributed by atoms with E-state index in [-0.39, 0.29) is 29.9 Å². The van der Waals surface area contributed by atoms with Gasteiger partial charge >= 0.3 is 6.03 Å². The Balaban J connectivity index is 1.38. The Morgan fingerprint density at radius 3 is 2.39 bits per heavy atom. The number of nitrogens with one attached hydrogen (secondary N) is 3. The second-order valence-electron chi connectivity index (χ2n) is 11.6. The van der Waals surface area contributed by atoms with Crippen LogP contribution in [0.15, 0.2) is 79.5 Å². The van der Waals surface area contributed by atoms with Crippen LogP contribution in [-0.2, 0) is 16.1 Å². The van der Waals surface area contributed by atoms with Crippen molar-refractivity contribution in [1.29, 1.82) is 5.26 Å². The number of piperazine rings is 1. The zero-order chi connectivity index (χ0) is 32.5. The van der Waals surface area contributed by atoms with E-state index in [2.05, 4.69) is 38.5 Å². The molecule has 0 bridgehead atoms. The fourth-order valence-corrected chi connectivity index (χ4v) is 6.08. The van der Waals surface area contributed by atoms with Crippen molar-refractivity contribution in [2.45, 2.75) is 51.2 Å². The Hall–Kier alpha value is -5.37. The third-order valence-corrected chi connectivity index (χ3v) is 8.58.